The highest BCUT2D eigenvalue weighted by atomic mass is 32.1. The number of para-hydroxylation sites is 1. The van der Waals surface area contributed by atoms with Crippen LogP contribution in [0.4, 0.5) is 17.1 Å². The van der Waals surface area contributed by atoms with Gasteiger partial charge in [0.2, 0.25) is 0 Å². The van der Waals surface area contributed by atoms with E-state index < -0.39 is 0 Å². The molecule has 3 aromatic heterocycles. The summed E-state index contributed by atoms with van der Waals surface area (Å²) in [5.74, 6) is 0. The molecule has 0 spiro atoms. The van der Waals surface area contributed by atoms with Crippen molar-refractivity contribution in [1.82, 2.24) is 4.57 Å². The molecule has 9 aromatic carbocycles. The number of benzene rings is 9. The number of aromatic nitrogens is 1. The first-order valence-corrected chi connectivity index (χ1v) is 23.0. The van der Waals surface area contributed by atoms with Crippen LogP contribution in [0.3, 0.4) is 0 Å². The molecule has 298 valence electrons. The van der Waals surface area contributed by atoms with Gasteiger partial charge in [-0.1, -0.05) is 146 Å². The van der Waals surface area contributed by atoms with Gasteiger partial charge in [0, 0.05) is 73.9 Å². The second-order valence-electron chi connectivity index (χ2n) is 16.0. The summed E-state index contributed by atoms with van der Waals surface area (Å²) >= 11 is 3.70. The van der Waals surface area contributed by atoms with Gasteiger partial charge in [-0.3, -0.25) is 0 Å². The molecule has 0 amide bonds. The van der Waals surface area contributed by atoms with Crippen molar-refractivity contribution >= 4 is 115 Å². The van der Waals surface area contributed by atoms with Crippen LogP contribution in [-0.2, 0) is 0 Å². The van der Waals surface area contributed by atoms with Gasteiger partial charge in [0.05, 0.1) is 16.7 Å². The van der Waals surface area contributed by atoms with Crippen molar-refractivity contribution in [2.45, 2.75) is 6.92 Å². The molecule has 0 aliphatic rings. The topological polar surface area (TPSA) is 8.17 Å². The van der Waals surface area contributed by atoms with E-state index in [0.29, 0.717) is 0 Å². The lowest BCUT2D eigenvalue weighted by Gasteiger charge is -2.26. The molecule has 2 nitrogen and oxygen atoms in total. The number of hydrogen-bond acceptors (Lipinski definition) is 3. The summed E-state index contributed by atoms with van der Waals surface area (Å²) in [5, 5.41) is 8.79. The maximum absolute atomic E-state index is 4.22. The molecule has 0 aliphatic heterocycles. The van der Waals surface area contributed by atoms with Crippen molar-refractivity contribution in [3.05, 3.63) is 217 Å². The zero-order valence-corrected chi connectivity index (χ0v) is 36.3. The van der Waals surface area contributed by atoms with Crippen LogP contribution in [0.2, 0.25) is 0 Å². The Morgan fingerprint density at radius 2 is 1.14 bits per heavy atom. The standard InChI is InChI=1S/C59H40N2S2/c1-3-15-54-45(4-2)50-36-44(34-35-56(50)62-54)60(42-30-26-39(27-31-42)38-16-6-5-7-17-38)43-32-28-41(29-33-43)49-37-51-47-21-10-12-23-53(47)61(52-24-14-19-40-18-8-9-20-46(40)52)58(51)57-48-22-11-13-25-55(48)63-59(49)57/h3-37H,2H2,1H3/b15-3-. The quantitative estimate of drug-likeness (QED) is 0.148. The Balaban J connectivity index is 1.06. The van der Waals surface area contributed by atoms with E-state index in [9.17, 15) is 0 Å². The lowest BCUT2D eigenvalue weighted by atomic mass is 9.98. The number of fused-ring (bicyclic) bond motifs is 9. The summed E-state index contributed by atoms with van der Waals surface area (Å²) in [6.45, 7) is 6.29. The molecule has 0 unspecified atom stereocenters. The predicted molar refractivity (Wildman–Crippen MR) is 277 cm³/mol. The first-order chi connectivity index (χ1) is 31.2. The van der Waals surface area contributed by atoms with E-state index >= 15 is 0 Å². The normalized spacial score (nSPS) is 11.9. The Morgan fingerprint density at radius 3 is 1.92 bits per heavy atom. The minimum Gasteiger partial charge on any atom is -0.310 e. The fourth-order valence-corrected chi connectivity index (χ4v) is 12.0. The molecule has 0 N–H and O–H groups in total. The Labute approximate surface area is 374 Å². The fraction of sp³-hybridized carbons (Fsp3) is 0.0169. The van der Waals surface area contributed by atoms with E-state index in [-0.39, 0.29) is 0 Å². The van der Waals surface area contributed by atoms with Gasteiger partial charge in [0.1, 0.15) is 0 Å². The van der Waals surface area contributed by atoms with Gasteiger partial charge in [0.15, 0.2) is 0 Å². The van der Waals surface area contributed by atoms with Gasteiger partial charge in [0.25, 0.3) is 0 Å². The number of nitrogens with zero attached hydrogens (tertiary/aromatic N) is 2. The number of thiophene rings is 2. The number of allylic oxidation sites excluding steroid dienone is 1. The highest BCUT2D eigenvalue weighted by molar-refractivity contribution is 7.26. The Kier molecular flexibility index (Phi) is 8.96. The Morgan fingerprint density at radius 1 is 0.508 bits per heavy atom. The molecule has 0 atom stereocenters. The lowest BCUT2D eigenvalue weighted by molar-refractivity contribution is 1.21. The molecule has 0 radical (unpaired) electrons. The minimum atomic E-state index is 1.09. The van der Waals surface area contributed by atoms with Crippen LogP contribution in [0, 0.1) is 0 Å². The molecular weight excluding hydrogens is 801 g/mol. The monoisotopic (exact) mass is 840 g/mol. The summed E-state index contributed by atoms with van der Waals surface area (Å²) in [4.78, 5) is 3.61. The van der Waals surface area contributed by atoms with Crippen LogP contribution < -0.4 is 4.90 Å². The number of anilines is 3. The average molecular weight is 841 g/mol. The summed E-state index contributed by atoms with van der Waals surface area (Å²) < 4.78 is 6.36. The zero-order valence-electron chi connectivity index (χ0n) is 34.6. The first-order valence-electron chi connectivity index (χ1n) is 21.4. The van der Waals surface area contributed by atoms with E-state index in [2.05, 4.69) is 229 Å². The highest BCUT2D eigenvalue weighted by Gasteiger charge is 2.23. The lowest BCUT2D eigenvalue weighted by Crippen LogP contribution is -2.09. The van der Waals surface area contributed by atoms with Gasteiger partial charge in [-0.25, -0.2) is 0 Å². The van der Waals surface area contributed by atoms with Crippen LogP contribution in [-0.4, -0.2) is 4.57 Å². The highest BCUT2D eigenvalue weighted by Crippen LogP contribution is 2.49. The molecule has 0 bridgehead atoms. The van der Waals surface area contributed by atoms with Gasteiger partial charge in [-0.05, 0) is 107 Å². The molecular formula is C59H40N2S2. The van der Waals surface area contributed by atoms with Crippen molar-refractivity contribution in [1.29, 1.82) is 0 Å². The van der Waals surface area contributed by atoms with Crippen molar-refractivity contribution in [3.63, 3.8) is 0 Å². The summed E-state index contributed by atoms with van der Waals surface area (Å²) in [6, 6.07) is 71.3. The molecule has 0 saturated carbocycles. The number of hydrogen-bond donors (Lipinski definition) is 0. The Hall–Kier alpha value is -7.50. The predicted octanol–water partition coefficient (Wildman–Crippen LogP) is 18.0. The molecule has 63 heavy (non-hydrogen) atoms. The third-order valence-electron chi connectivity index (χ3n) is 12.5. The van der Waals surface area contributed by atoms with Crippen molar-refractivity contribution in [2.75, 3.05) is 4.90 Å². The molecule has 12 aromatic rings. The van der Waals surface area contributed by atoms with Gasteiger partial charge in [-0.15, -0.1) is 22.7 Å². The van der Waals surface area contributed by atoms with Crippen molar-refractivity contribution in [2.24, 2.45) is 0 Å². The maximum Gasteiger partial charge on any atom is 0.0634 e. The number of rotatable bonds is 8. The zero-order chi connectivity index (χ0) is 42.0. The SMILES string of the molecule is C=Cc1c(/C=C\C)sc2ccc(N(c3ccc(-c4ccccc4)cc3)c3ccc(-c4cc5c6ccccc6n(-c6cccc7ccccc67)c5c5c4sc4ccccc45)cc3)cc12. The van der Waals surface area contributed by atoms with Crippen molar-refractivity contribution < 1.29 is 0 Å². The summed E-state index contributed by atoms with van der Waals surface area (Å²) in [5.41, 5.74) is 13.0. The largest absolute Gasteiger partial charge is 0.310 e. The molecule has 4 heteroatoms. The van der Waals surface area contributed by atoms with Crippen LogP contribution in [0.15, 0.2) is 207 Å². The first kappa shape index (κ1) is 37.3. The third-order valence-corrected chi connectivity index (χ3v) is 14.8. The van der Waals surface area contributed by atoms with Gasteiger partial charge < -0.3 is 9.47 Å². The van der Waals surface area contributed by atoms with E-state index in [1.807, 2.05) is 28.7 Å². The van der Waals surface area contributed by atoms with Crippen LogP contribution in [0.5, 0.6) is 0 Å². The second kappa shape index (κ2) is 15.1. The van der Waals surface area contributed by atoms with Crippen LogP contribution in [0.1, 0.15) is 17.4 Å². The minimum absolute atomic E-state index is 1.09. The average Bonchev–Trinajstić information content (AvgIpc) is 4.01. The summed E-state index contributed by atoms with van der Waals surface area (Å²) in [6.07, 6.45) is 6.29. The fourth-order valence-electron chi connectivity index (χ4n) is 9.62. The smallest absolute Gasteiger partial charge is 0.0634 e. The van der Waals surface area contributed by atoms with Crippen LogP contribution in [0.25, 0.3) is 103 Å². The van der Waals surface area contributed by atoms with E-state index in [1.165, 1.54) is 101 Å². The summed E-state index contributed by atoms with van der Waals surface area (Å²) in [7, 11) is 0. The van der Waals surface area contributed by atoms with Crippen LogP contribution >= 0.6 is 22.7 Å². The van der Waals surface area contributed by atoms with E-state index in [0.717, 1.165) is 17.1 Å². The molecule has 0 aliphatic carbocycles. The third kappa shape index (κ3) is 6.06. The van der Waals surface area contributed by atoms with E-state index in [1.54, 1.807) is 0 Å². The molecule has 12 rings (SSSR count). The molecule has 3 heterocycles. The van der Waals surface area contributed by atoms with Gasteiger partial charge in [-0.2, -0.15) is 0 Å². The van der Waals surface area contributed by atoms with Crippen molar-refractivity contribution in [3.8, 4) is 27.9 Å². The Bertz CT molecular complexity index is 3750. The van der Waals surface area contributed by atoms with Gasteiger partial charge >= 0.3 is 0 Å². The second-order valence-corrected chi connectivity index (χ2v) is 18.2. The molecule has 0 fully saturated rings. The van der Waals surface area contributed by atoms with E-state index in [4.69, 9.17) is 0 Å². The maximum atomic E-state index is 4.22. The molecule has 0 saturated heterocycles.